The minimum atomic E-state index is -1.34. The summed E-state index contributed by atoms with van der Waals surface area (Å²) in [7, 11) is 0. The summed E-state index contributed by atoms with van der Waals surface area (Å²) in [5, 5.41) is 0. The van der Waals surface area contributed by atoms with E-state index in [9.17, 15) is 0 Å². The Morgan fingerprint density at radius 1 is 1.19 bits per heavy atom. The molecule has 1 aromatic carbocycles. The van der Waals surface area contributed by atoms with Gasteiger partial charge in [-0.3, -0.25) is 0 Å². The van der Waals surface area contributed by atoms with E-state index >= 15 is 0 Å². The molecule has 0 aliphatic carbocycles. The van der Waals surface area contributed by atoms with Crippen LogP contribution in [0.5, 0.6) is 0 Å². The Kier molecular flexibility index (Phi) is 4.38. The number of nitrogens with zero attached hydrogens (tertiary/aromatic N) is 1. The van der Waals surface area contributed by atoms with Crippen molar-refractivity contribution in [3.8, 4) is 11.3 Å². The molecule has 0 aliphatic heterocycles. The fourth-order valence-electron chi connectivity index (χ4n) is 2.16. The van der Waals surface area contributed by atoms with E-state index in [2.05, 4.69) is 25.8 Å². The van der Waals surface area contributed by atoms with Gasteiger partial charge in [-0.25, -0.2) is 0 Å². The summed E-state index contributed by atoms with van der Waals surface area (Å²) in [5.74, 6) is -0.0705. The number of benzene rings is 1. The molecule has 0 aliphatic rings. The molecule has 0 bridgehead atoms. The monoisotopic (exact) mass is 343 g/mol. The maximum absolute atomic E-state index is 8.59. The van der Waals surface area contributed by atoms with E-state index in [1.807, 2.05) is 56.4 Å². The molecule has 0 saturated carbocycles. The van der Waals surface area contributed by atoms with Gasteiger partial charge in [-0.05, 0) is 0 Å². The van der Waals surface area contributed by atoms with Crippen LogP contribution in [0.2, 0.25) is 4.25 Å². The van der Waals surface area contributed by atoms with E-state index in [1.165, 1.54) is 0 Å². The molecule has 0 saturated heterocycles. The second kappa shape index (κ2) is 6.78. The average molecular weight is 342 g/mol. The van der Waals surface area contributed by atoms with Crippen molar-refractivity contribution in [3.63, 3.8) is 0 Å². The van der Waals surface area contributed by atoms with Crippen LogP contribution in [0.1, 0.15) is 42.9 Å². The molecule has 1 nitrogen and oxygen atoms in total. The first kappa shape index (κ1) is 13.6. The Morgan fingerprint density at radius 3 is 2.43 bits per heavy atom. The Hall–Kier alpha value is -1.09. The zero-order chi connectivity index (χ0) is 17.3. The SMILES string of the molecule is [2H]C([2H])(c1cc(-c2ccccc2)nc[c]1[Ge][C](C)(C)C)C(C)C. The molecule has 0 spiro atoms. The van der Waals surface area contributed by atoms with E-state index in [1.54, 1.807) is 0 Å². The van der Waals surface area contributed by atoms with Crippen molar-refractivity contribution in [3.05, 3.63) is 48.2 Å². The number of rotatable bonds is 4. The van der Waals surface area contributed by atoms with Gasteiger partial charge in [-0.1, -0.05) is 0 Å². The van der Waals surface area contributed by atoms with E-state index in [4.69, 9.17) is 2.74 Å². The molecular weight excluding hydrogens is 315 g/mol. The van der Waals surface area contributed by atoms with Crippen molar-refractivity contribution in [2.45, 2.75) is 45.2 Å². The third-order valence-corrected chi connectivity index (χ3v) is 5.90. The van der Waals surface area contributed by atoms with Gasteiger partial charge in [-0.15, -0.1) is 0 Å². The summed E-state index contributed by atoms with van der Waals surface area (Å²) < 4.78 is 18.5. The Morgan fingerprint density at radius 2 is 1.86 bits per heavy atom. The van der Waals surface area contributed by atoms with E-state index in [-0.39, 0.29) is 10.2 Å². The predicted octanol–water partition coefficient (Wildman–Crippen LogP) is 4.50. The van der Waals surface area contributed by atoms with E-state index < -0.39 is 21.8 Å². The Balaban J connectivity index is 2.57. The van der Waals surface area contributed by atoms with Gasteiger partial charge in [0.1, 0.15) is 0 Å². The van der Waals surface area contributed by atoms with Gasteiger partial charge >= 0.3 is 138 Å². The molecule has 0 atom stereocenters. The normalized spacial score (nSPS) is 14.0. The van der Waals surface area contributed by atoms with Crippen molar-refractivity contribution in [1.29, 1.82) is 0 Å². The molecule has 110 valence electrons. The van der Waals surface area contributed by atoms with Crippen LogP contribution in [-0.4, -0.2) is 20.4 Å². The van der Waals surface area contributed by atoms with E-state index in [0.717, 1.165) is 21.2 Å². The van der Waals surface area contributed by atoms with Crippen molar-refractivity contribution in [1.82, 2.24) is 4.98 Å². The van der Waals surface area contributed by atoms with Crippen LogP contribution >= 0.6 is 0 Å². The van der Waals surface area contributed by atoms with Crippen LogP contribution in [-0.2, 0) is 6.37 Å². The number of hydrogen-bond acceptors (Lipinski definition) is 1. The van der Waals surface area contributed by atoms with E-state index in [0.29, 0.717) is 0 Å². The molecule has 0 N–H and O–H groups in total. The molecule has 1 heterocycles. The maximum atomic E-state index is 8.59. The van der Waals surface area contributed by atoms with Gasteiger partial charge < -0.3 is 0 Å². The fourth-order valence-corrected chi connectivity index (χ4v) is 4.71. The Bertz CT molecular complexity index is 661. The quantitative estimate of drug-likeness (QED) is 0.746. The molecule has 0 fully saturated rings. The van der Waals surface area contributed by atoms with Gasteiger partial charge in [0.2, 0.25) is 0 Å². The summed E-state index contributed by atoms with van der Waals surface area (Å²) in [6.07, 6.45) is 0.583. The van der Waals surface area contributed by atoms with Crippen molar-refractivity contribution < 1.29 is 2.74 Å². The number of pyridine rings is 1. The van der Waals surface area contributed by atoms with Crippen LogP contribution < -0.4 is 4.40 Å². The summed E-state index contributed by atoms with van der Waals surface area (Å²) >= 11 is -0.469. The standard InChI is InChI=1S/C19H25GeN/c1-14(2)11-16-12-18(15-9-7-6-8-10-15)21-13-17(16)20-19(3,4)5/h6-10,12-14H,11H2,1-5H3/i11D2. The Labute approximate surface area is 138 Å². The first-order valence-electron chi connectivity index (χ1n) is 8.45. The fraction of sp³-hybridized carbons (Fsp3) is 0.421. The van der Waals surface area contributed by atoms with Crippen molar-refractivity contribution in [2.75, 3.05) is 0 Å². The molecule has 0 unspecified atom stereocenters. The molecule has 2 rings (SSSR count). The molecule has 2 heteroatoms. The second-order valence-electron chi connectivity index (χ2n) is 6.66. The third-order valence-electron chi connectivity index (χ3n) is 2.93. The summed E-state index contributed by atoms with van der Waals surface area (Å²) in [6, 6.07) is 12.0. The molecule has 1 aromatic heterocycles. The molecular formula is C19H25GeN. The van der Waals surface area contributed by atoms with Crippen LogP contribution in [0, 0.1) is 5.92 Å². The number of aromatic nitrogens is 1. The molecule has 2 aromatic rings. The van der Waals surface area contributed by atoms with Crippen LogP contribution in [0.25, 0.3) is 11.3 Å². The van der Waals surface area contributed by atoms with Crippen LogP contribution in [0.15, 0.2) is 42.6 Å². The zero-order valence-electron chi connectivity index (χ0n) is 15.6. The van der Waals surface area contributed by atoms with Crippen LogP contribution in [0.4, 0.5) is 0 Å². The zero-order valence-corrected chi connectivity index (χ0v) is 15.7. The third kappa shape index (κ3) is 4.99. The van der Waals surface area contributed by atoms with Gasteiger partial charge in [0.15, 0.2) is 0 Å². The molecule has 2 radical (unpaired) electrons. The number of hydrogen-bond donors (Lipinski definition) is 0. The topological polar surface area (TPSA) is 12.9 Å². The summed E-state index contributed by atoms with van der Waals surface area (Å²) in [5.41, 5.74) is 2.72. The summed E-state index contributed by atoms with van der Waals surface area (Å²) in [6.45, 7) is 10.6. The van der Waals surface area contributed by atoms with Gasteiger partial charge in [-0.2, -0.15) is 0 Å². The second-order valence-corrected chi connectivity index (χ2v) is 11.5. The first-order chi connectivity index (χ1) is 10.6. The average Bonchev–Trinajstić information content (AvgIpc) is 2.46. The minimum absolute atomic E-state index is 0.0705. The van der Waals surface area contributed by atoms with Gasteiger partial charge in [0, 0.05) is 0 Å². The molecule has 21 heavy (non-hydrogen) atoms. The van der Waals surface area contributed by atoms with Crippen LogP contribution in [0.3, 0.4) is 0 Å². The predicted molar refractivity (Wildman–Crippen MR) is 93.3 cm³/mol. The van der Waals surface area contributed by atoms with Crippen molar-refractivity contribution >= 4 is 19.8 Å². The first-order valence-corrected chi connectivity index (χ1v) is 9.55. The van der Waals surface area contributed by atoms with Gasteiger partial charge in [0.05, 0.1) is 0 Å². The summed E-state index contributed by atoms with van der Waals surface area (Å²) in [4.78, 5) is 4.63. The van der Waals surface area contributed by atoms with Gasteiger partial charge in [0.25, 0.3) is 0 Å². The molecule has 0 amide bonds. The van der Waals surface area contributed by atoms with Crippen molar-refractivity contribution in [2.24, 2.45) is 5.92 Å².